The largest absolute Gasteiger partial charge is 0.461 e. The molecule has 2 amide bonds. The molecule has 300 valence electrons. The number of hydrogen-bond acceptors (Lipinski definition) is 10. The first-order valence-corrected chi connectivity index (χ1v) is 19.8. The van der Waals surface area contributed by atoms with E-state index < -0.39 is 35.3 Å². The van der Waals surface area contributed by atoms with E-state index in [4.69, 9.17) is 30.8 Å². The highest BCUT2D eigenvalue weighted by atomic mass is 35.5. The SMILES string of the molecule is CN(c1nc(OC[C@@]23CCCN2C[C@H](F)C3)nc2c(F)c(-c3cccc4cccc(Cl)c34)ncc12)[C@@H]1CCN(C(=O)C#CC2CN(C(=O)OC(C)(C)C)CCO2)C1. The van der Waals surface area contributed by atoms with Crippen LogP contribution in [0.25, 0.3) is 32.9 Å². The number of alkyl halides is 1. The summed E-state index contributed by atoms with van der Waals surface area (Å²) in [6, 6.07) is 10.8. The van der Waals surface area contributed by atoms with Gasteiger partial charge >= 0.3 is 12.1 Å². The van der Waals surface area contributed by atoms with Crippen LogP contribution in [0.4, 0.5) is 19.4 Å². The van der Waals surface area contributed by atoms with Crippen LogP contribution in [-0.2, 0) is 14.3 Å². The molecule has 4 atom stereocenters. The monoisotopic (exact) mass is 801 g/mol. The topological polar surface area (TPSA) is 113 Å². The third-order valence-electron chi connectivity index (χ3n) is 11.4. The number of carbonyl (C=O) groups excluding carboxylic acids is 2. The fraction of sp³-hybridized carbons (Fsp3) is 0.500. The Balaban J connectivity index is 1.06. The molecule has 0 radical (unpaired) electrons. The zero-order valence-electron chi connectivity index (χ0n) is 32.6. The van der Waals surface area contributed by atoms with Crippen molar-refractivity contribution in [2.24, 2.45) is 0 Å². The predicted octanol–water partition coefficient (Wildman–Crippen LogP) is 6.27. The molecule has 4 fully saturated rings. The Hall–Kier alpha value is -4.84. The quantitative estimate of drug-likeness (QED) is 0.207. The van der Waals surface area contributed by atoms with Crippen molar-refractivity contribution >= 4 is 51.1 Å². The number of anilines is 1. The van der Waals surface area contributed by atoms with Gasteiger partial charge < -0.3 is 28.9 Å². The molecular formula is C42H46ClF2N7O5. The van der Waals surface area contributed by atoms with Crippen LogP contribution in [0.5, 0.6) is 6.01 Å². The van der Waals surface area contributed by atoms with E-state index in [1.54, 1.807) is 44.0 Å². The molecule has 12 nitrogen and oxygen atoms in total. The van der Waals surface area contributed by atoms with Crippen molar-refractivity contribution in [2.45, 2.75) is 75.9 Å². The van der Waals surface area contributed by atoms with Gasteiger partial charge in [-0.25, -0.2) is 13.6 Å². The Morgan fingerprint density at radius 3 is 2.70 bits per heavy atom. The number of ether oxygens (including phenoxy) is 3. The Labute approximate surface area is 335 Å². The number of halogens is 3. The Bertz CT molecular complexity index is 2280. The van der Waals surface area contributed by atoms with Gasteiger partial charge in [0.2, 0.25) is 0 Å². The molecule has 0 N–H and O–H groups in total. The van der Waals surface area contributed by atoms with E-state index >= 15 is 4.39 Å². The number of likely N-dealkylation sites (N-methyl/N-ethyl adjacent to an activating group) is 1. The summed E-state index contributed by atoms with van der Waals surface area (Å²) in [5.41, 5.74) is -0.461. The van der Waals surface area contributed by atoms with Crippen molar-refractivity contribution in [2.75, 3.05) is 64.4 Å². The summed E-state index contributed by atoms with van der Waals surface area (Å²) >= 11 is 6.64. The molecule has 0 spiro atoms. The van der Waals surface area contributed by atoms with E-state index in [2.05, 4.69) is 26.7 Å². The maximum Gasteiger partial charge on any atom is 0.410 e. The van der Waals surface area contributed by atoms with Gasteiger partial charge in [-0.15, -0.1) is 0 Å². The smallest absolute Gasteiger partial charge is 0.410 e. The van der Waals surface area contributed by atoms with Crippen LogP contribution >= 0.6 is 11.6 Å². The number of carbonyl (C=O) groups is 2. The number of hydrogen-bond donors (Lipinski definition) is 0. The summed E-state index contributed by atoms with van der Waals surface area (Å²) in [4.78, 5) is 47.2. The Morgan fingerprint density at radius 1 is 1.09 bits per heavy atom. The molecule has 0 bridgehead atoms. The molecular weight excluding hydrogens is 756 g/mol. The second-order valence-corrected chi connectivity index (χ2v) is 16.8. The Kier molecular flexibility index (Phi) is 10.6. The standard InChI is InChI=1S/C42H46ClF2N7O5/c1-41(2,3)57-40(54)51-18-19-55-29(24-51)12-13-33(53)50-17-14-28(23-50)49(4)38-31-21-46-36(30-10-5-8-26-9-6-11-32(43)34(26)30)35(45)37(31)47-39(48-38)56-25-42-15-7-16-52(42)22-27(44)20-42/h5-6,8-11,21,27-29H,7,14-20,22-25H2,1-4H3/t27-,28-,29?,42+/m1/s1. The molecule has 57 heavy (non-hydrogen) atoms. The summed E-state index contributed by atoms with van der Waals surface area (Å²) < 4.78 is 49.1. The van der Waals surface area contributed by atoms with Crippen molar-refractivity contribution in [3.05, 3.63) is 53.4 Å². The van der Waals surface area contributed by atoms with Crippen LogP contribution in [-0.4, -0.2) is 131 Å². The minimum absolute atomic E-state index is 0.0235. The first kappa shape index (κ1) is 39.0. The second kappa shape index (κ2) is 15.5. The average molecular weight is 802 g/mol. The van der Waals surface area contributed by atoms with Crippen molar-refractivity contribution < 1.29 is 32.6 Å². The summed E-state index contributed by atoms with van der Waals surface area (Å²) in [5.74, 6) is 4.99. The van der Waals surface area contributed by atoms with Gasteiger partial charge in [-0.05, 0) is 64.0 Å². The molecule has 2 aromatic heterocycles. The molecule has 1 unspecified atom stereocenters. The summed E-state index contributed by atoms with van der Waals surface area (Å²) in [6.07, 6.45) is 2.24. The van der Waals surface area contributed by atoms with E-state index in [9.17, 15) is 14.0 Å². The molecule has 4 aromatic rings. The number of aromatic nitrogens is 3. The average Bonchev–Trinajstić information content (AvgIpc) is 3.90. The predicted molar refractivity (Wildman–Crippen MR) is 212 cm³/mol. The second-order valence-electron chi connectivity index (χ2n) is 16.4. The third kappa shape index (κ3) is 7.89. The summed E-state index contributed by atoms with van der Waals surface area (Å²) in [7, 11) is 1.84. The highest BCUT2D eigenvalue weighted by Gasteiger charge is 2.49. The van der Waals surface area contributed by atoms with Crippen LogP contribution in [0.15, 0.2) is 42.6 Å². The van der Waals surface area contributed by atoms with Crippen molar-refractivity contribution in [3.8, 4) is 29.1 Å². The summed E-state index contributed by atoms with van der Waals surface area (Å²) in [6.45, 7) is 8.37. The molecule has 0 aliphatic carbocycles. The lowest BCUT2D eigenvalue weighted by atomic mass is 9.95. The van der Waals surface area contributed by atoms with Crippen LogP contribution in [0.3, 0.4) is 0 Å². The number of fused-ring (bicyclic) bond motifs is 3. The van der Waals surface area contributed by atoms with Crippen LogP contribution < -0.4 is 9.64 Å². The molecule has 2 aromatic carbocycles. The molecule has 4 aliphatic rings. The van der Waals surface area contributed by atoms with Crippen molar-refractivity contribution in [3.63, 3.8) is 0 Å². The lowest BCUT2D eigenvalue weighted by Crippen LogP contribution is -2.47. The highest BCUT2D eigenvalue weighted by Crippen LogP contribution is 2.41. The maximum atomic E-state index is 16.9. The van der Waals surface area contributed by atoms with E-state index in [1.165, 1.54) is 4.90 Å². The van der Waals surface area contributed by atoms with Crippen LogP contribution in [0.1, 0.15) is 46.5 Å². The van der Waals surface area contributed by atoms with Gasteiger partial charge in [0.1, 0.15) is 41.5 Å². The summed E-state index contributed by atoms with van der Waals surface area (Å²) in [5, 5.41) is 2.36. The number of amides is 2. The molecule has 8 rings (SSSR count). The molecule has 6 heterocycles. The number of rotatable bonds is 6. The van der Waals surface area contributed by atoms with Gasteiger partial charge in [0.25, 0.3) is 5.91 Å². The molecule has 4 saturated heterocycles. The van der Waals surface area contributed by atoms with Gasteiger partial charge in [-0.1, -0.05) is 47.9 Å². The molecule has 15 heteroatoms. The van der Waals surface area contributed by atoms with Gasteiger partial charge in [0.15, 0.2) is 5.82 Å². The maximum absolute atomic E-state index is 16.9. The minimum atomic E-state index is -0.938. The number of pyridine rings is 1. The zero-order chi connectivity index (χ0) is 40.1. The fourth-order valence-corrected chi connectivity index (χ4v) is 8.83. The minimum Gasteiger partial charge on any atom is -0.461 e. The van der Waals surface area contributed by atoms with Gasteiger partial charge in [-0.2, -0.15) is 9.97 Å². The fourth-order valence-electron chi connectivity index (χ4n) is 8.55. The normalized spacial score (nSPS) is 23.7. The van der Waals surface area contributed by atoms with Gasteiger partial charge in [-0.3, -0.25) is 14.7 Å². The third-order valence-corrected chi connectivity index (χ3v) is 11.7. The molecule has 0 saturated carbocycles. The number of nitrogens with zero attached hydrogens (tertiary/aromatic N) is 7. The number of benzene rings is 2. The van der Waals surface area contributed by atoms with E-state index in [0.717, 1.165) is 24.8 Å². The zero-order valence-corrected chi connectivity index (χ0v) is 33.3. The highest BCUT2D eigenvalue weighted by molar-refractivity contribution is 6.36. The van der Waals surface area contributed by atoms with Crippen molar-refractivity contribution in [1.82, 2.24) is 29.7 Å². The van der Waals surface area contributed by atoms with Gasteiger partial charge in [0, 0.05) is 67.9 Å². The van der Waals surface area contributed by atoms with E-state index in [0.29, 0.717) is 66.2 Å². The van der Waals surface area contributed by atoms with Crippen LogP contribution in [0.2, 0.25) is 5.02 Å². The van der Waals surface area contributed by atoms with E-state index in [-0.39, 0.29) is 48.9 Å². The van der Waals surface area contributed by atoms with Gasteiger partial charge in [0.05, 0.1) is 24.1 Å². The van der Waals surface area contributed by atoms with Crippen LogP contribution in [0, 0.1) is 17.7 Å². The number of morpholine rings is 1. The lowest BCUT2D eigenvalue weighted by molar-refractivity contribution is -0.124. The lowest BCUT2D eigenvalue weighted by Gasteiger charge is -2.32. The first-order valence-electron chi connectivity index (χ1n) is 19.5. The first-order chi connectivity index (χ1) is 27.3. The van der Waals surface area contributed by atoms with E-state index in [1.807, 2.05) is 36.2 Å². The molecule has 4 aliphatic heterocycles. The number of likely N-dealkylation sites (tertiary alicyclic amines) is 1. The van der Waals surface area contributed by atoms with Crippen molar-refractivity contribution in [1.29, 1.82) is 0 Å². The Morgan fingerprint density at radius 2 is 1.89 bits per heavy atom.